The summed E-state index contributed by atoms with van der Waals surface area (Å²) in [5, 5.41) is 3.31. The molecular weight excluding hydrogens is 216 g/mol. The molecule has 5 nitrogen and oxygen atoms in total. The molecule has 0 spiro atoms. The zero-order chi connectivity index (χ0) is 12.3. The van der Waals surface area contributed by atoms with Crippen molar-refractivity contribution in [3.05, 3.63) is 12.4 Å². The molecular formula is C12H20N4O. The number of ether oxygens (including phenoxy) is 1. The largest absolute Gasteiger partial charge is 0.485 e. The number of anilines is 1. The normalized spacial score (nSPS) is 17.0. The van der Waals surface area contributed by atoms with Gasteiger partial charge in [0, 0.05) is 26.2 Å². The first-order valence-corrected chi connectivity index (χ1v) is 6.01. The standard InChI is InChI=1S/C12H20N4O/c1-12(2,3)17-10-8-14-11(15-9-10)16-6-4-13-5-7-16/h8-9,13H,4-7H2,1-3H3. The Bertz CT molecular complexity index is 352. The van der Waals surface area contributed by atoms with Crippen molar-refractivity contribution in [2.24, 2.45) is 0 Å². The van der Waals surface area contributed by atoms with E-state index in [1.165, 1.54) is 0 Å². The first kappa shape index (κ1) is 12.1. The van der Waals surface area contributed by atoms with Crippen molar-refractivity contribution in [3.63, 3.8) is 0 Å². The average Bonchev–Trinajstić information content (AvgIpc) is 2.29. The Morgan fingerprint density at radius 3 is 2.29 bits per heavy atom. The van der Waals surface area contributed by atoms with Crippen molar-refractivity contribution in [2.75, 3.05) is 31.1 Å². The molecule has 1 aliphatic rings. The molecule has 94 valence electrons. The molecule has 1 aromatic rings. The van der Waals surface area contributed by atoms with Crippen LogP contribution < -0.4 is 15.0 Å². The van der Waals surface area contributed by atoms with Crippen LogP contribution in [0, 0.1) is 0 Å². The fraction of sp³-hybridized carbons (Fsp3) is 0.667. The van der Waals surface area contributed by atoms with Crippen LogP contribution in [0.3, 0.4) is 0 Å². The smallest absolute Gasteiger partial charge is 0.225 e. The molecule has 2 heterocycles. The third-order valence-corrected chi connectivity index (χ3v) is 2.44. The Morgan fingerprint density at radius 2 is 1.76 bits per heavy atom. The number of nitrogens with one attached hydrogen (secondary N) is 1. The molecule has 0 atom stereocenters. The molecule has 0 bridgehead atoms. The number of hydrogen-bond acceptors (Lipinski definition) is 5. The van der Waals surface area contributed by atoms with Crippen LogP contribution in [-0.4, -0.2) is 41.7 Å². The second-order valence-corrected chi connectivity index (χ2v) is 5.17. The molecule has 1 fully saturated rings. The molecule has 2 rings (SSSR count). The van der Waals surface area contributed by atoms with Crippen molar-refractivity contribution in [1.82, 2.24) is 15.3 Å². The van der Waals surface area contributed by atoms with Crippen molar-refractivity contribution >= 4 is 5.95 Å². The molecule has 1 N–H and O–H groups in total. The molecule has 0 aromatic carbocycles. The zero-order valence-electron chi connectivity index (χ0n) is 10.7. The molecule has 0 amide bonds. The van der Waals surface area contributed by atoms with Crippen LogP contribution in [0.4, 0.5) is 5.95 Å². The lowest BCUT2D eigenvalue weighted by molar-refractivity contribution is 0.129. The van der Waals surface area contributed by atoms with Crippen LogP contribution in [0.15, 0.2) is 12.4 Å². The topological polar surface area (TPSA) is 50.3 Å². The molecule has 5 heteroatoms. The van der Waals surface area contributed by atoms with Gasteiger partial charge >= 0.3 is 0 Å². The minimum atomic E-state index is -0.208. The van der Waals surface area contributed by atoms with Crippen molar-refractivity contribution in [2.45, 2.75) is 26.4 Å². The third kappa shape index (κ3) is 3.56. The molecule has 0 radical (unpaired) electrons. The van der Waals surface area contributed by atoms with Crippen molar-refractivity contribution in [1.29, 1.82) is 0 Å². The average molecular weight is 236 g/mol. The number of piperazine rings is 1. The van der Waals surface area contributed by atoms with Gasteiger partial charge in [-0.2, -0.15) is 0 Å². The van der Waals surface area contributed by atoms with Crippen LogP contribution >= 0.6 is 0 Å². The maximum absolute atomic E-state index is 5.69. The number of nitrogens with zero attached hydrogens (tertiary/aromatic N) is 3. The van der Waals surface area contributed by atoms with Gasteiger partial charge in [0.1, 0.15) is 5.60 Å². The van der Waals surface area contributed by atoms with Gasteiger partial charge in [0.05, 0.1) is 12.4 Å². The fourth-order valence-electron chi connectivity index (χ4n) is 1.74. The minimum Gasteiger partial charge on any atom is -0.485 e. The highest BCUT2D eigenvalue weighted by atomic mass is 16.5. The van der Waals surface area contributed by atoms with Gasteiger partial charge in [-0.3, -0.25) is 0 Å². The fourth-order valence-corrected chi connectivity index (χ4v) is 1.74. The number of rotatable bonds is 2. The summed E-state index contributed by atoms with van der Waals surface area (Å²) in [6, 6.07) is 0. The Balaban J connectivity index is 2.02. The lowest BCUT2D eigenvalue weighted by Gasteiger charge is -2.27. The Labute approximate surface area is 102 Å². The summed E-state index contributed by atoms with van der Waals surface area (Å²) in [6.07, 6.45) is 3.49. The van der Waals surface area contributed by atoms with E-state index in [2.05, 4.69) is 20.2 Å². The second-order valence-electron chi connectivity index (χ2n) is 5.17. The Hall–Kier alpha value is -1.36. The lowest BCUT2D eigenvalue weighted by atomic mass is 10.2. The Kier molecular flexibility index (Phi) is 3.47. The van der Waals surface area contributed by atoms with E-state index in [-0.39, 0.29) is 5.60 Å². The number of hydrogen-bond donors (Lipinski definition) is 1. The van der Waals surface area contributed by atoms with Crippen LogP contribution in [0.2, 0.25) is 0 Å². The second kappa shape index (κ2) is 4.87. The molecule has 0 aliphatic carbocycles. The van der Waals surface area contributed by atoms with Gasteiger partial charge in [0.15, 0.2) is 5.75 Å². The summed E-state index contributed by atoms with van der Waals surface area (Å²) in [7, 11) is 0. The Morgan fingerprint density at radius 1 is 1.18 bits per heavy atom. The highest BCUT2D eigenvalue weighted by Crippen LogP contribution is 2.17. The predicted octanol–water partition coefficient (Wildman–Crippen LogP) is 1.06. The van der Waals surface area contributed by atoms with Crippen LogP contribution in [0.1, 0.15) is 20.8 Å². The summed E-state index contributed by atoms with van der Waals surface area (Å²) in [5.74, 6) is 1.50. The SMILES string of the molecule is CC(C)(C)Oc1cnc(N2CCNCC2)nc1. The molecule has 0 unspecified atom stereocenters. The summed E-state index contributed by atoms with van der Waals surface area (Å²) in [4.78, 5) is 10.9. The highest BCUT2D eigenvalue weighted by Gasteiger charge is 2.15. The first-order chi connectivity index (χ1) is 8.04. The molecule has 17 heavy (non-hydrogen) atoms. The van der Waals surface area contributed by atoms with E-state index in [9.17, 15) is 0 Å². The van der Waals surface area contributed by atoms with E-state index in [0.717, 1.165) is 37.9 Å². The first-order valence-electron chi connectivity index (χ1n) is 6.01. The van der Waals surface area contributed by atoms with E-state index in [0.29, 0.717) is 0 Å². The van der Waals surface area contributed by atoms with Gasteiger partial charge < -0.3 is 15.0 Å². The van der Waals surface area contributed by atoms with Gasteiger partial charge in [-0.25, -0.2) is 9.97 Å². The monoisotopic (exact) mass is 236 g/mol. The van der Waals surface area contributed by atoms with Gasteiger partial charge in [0.25, 0.3) is 0 Å². The van der Waals surface area contributed by atoms with Gasteiger partial charge in [0.2, 0.25) is 5.95 Å². The van der Waals surface area contributed by atoms with Crippen LogP contribution in [0.5, 0.6) is 5.75 Å². The molecule has 1 aromatic heterocycles. The lowest BCUT2D eigenvalue weighted by Crippen LogP contribution is -2.44. The van der Waals surface area contributed by atoms with Crippen LogP contribution in [0.25, 0.3) is 0 Å². The van der Waals surface area contributed by atoms with Crippen LogP contribution in [-0.2, 0) is 0 Å². The van der Waals surface area contributed by atoms with Gasteiger partial charge in [-0.15, -0.1) is 0 Å². The predicted molar refractivity (Wildman–Crippen MR) is 67.5 cm³/mol. The third-order valence-electron chi connectivity index (χ3n) is 2.44. The van der Waals surface area contributed by atoms with E-state index < -0.39 is 0 Å². The maximum Gasteiger partial charge on any atom is 0.225 e. The summed E-state index contributed by atoms with van der Waals surface area (Å²) in [6.45, 7) is 9.93. The highest BCUT2D eigenvalue weighted by molar-refractivity contribution is 5.32. The zero-order valence-corrected chi connectivity index (χ0v) is 10.7. The van der Waals surface area contributed by atoms with Crippen molar-refractivity contribution in [3.8, 4) is 5.75 Å². The number of aromatic nitrogens is 2. The quantitative estimate of drug-likeness (QED) is 0.832. The van der Waals surface area contributed by atoms with E-state index in [1.807, 2.05) is 20.8 Å². The summed E-state index contributed by atoms with van der Waals surface area (Å²) >= 11 is 0. The van der Waals surface area contributed by atoms with Gasteiger partial charge in [-0.1, -0.05) is 0 Å². The van der Waals surface area contributed by atoms with Crippen molar-refractivity contribution < 1.29 is 4.74 Å². The maximum atomic E-state index is 5.69. The molecule has 1 saturated heterocycles. The summed E-state index contributed by atoms with van der Waals surface area (Å²) < 4.78 is 5.69. The summed E-state index contributed by atoms with van der Waals surface area (Å²) in [5.41, 5.74) is -0.208. The van der Waals surface area contributed by atoms with E-state index >= 15 is 0 Å². The minimum absolute atomic E-state index is 0.208. The van der Waals surface area contributed by atoms with Gasteiger partial charge in [-0.05, 0) is 20.8 Å². The molecule has 0 saturated carbocycles. The molecule has 1 aliphatic heterocycles. The van der Waals surface area contributed by atoms with E-state index in [4.69, 9.17) is 4.74 Å². The van der Waals surface area contributed by atoms with E-state index in [1.54, 1.807) is 12.4 Å².